The lowest BCUT2D eigenvalue weighted by atomic mass is 9.88. The summed E-state index contributed by atoms with van der Waals surface area (Å²) in [5.74, 6) is -0.218. The average molecular weight is 350 g/mol. The van der Waals surface area contributed by atoms with Crippen LogP contribution in [0.5, 0.6) is 0 Å². The van der Waals surface area contributed by atoms with Crippen molar-refractivity contribution in [2.24, 2.45) is 0 Å². The number of ether oxygens (including phenoxy) is 1. The minimum Gasteiger partial charge on any atom is -0.477 e. The van der Waals surface area contributed by atoms with E-state index in [2.05, 4.69) is 34.3 Å². The number of nitrogens with zero attached hydrogens (tertiary/aromatic N) is 3. The van der Waals surface area contributed by atoms with E-state index in [-0.39, 0.29) is 5.54 Å². The molecule has 8 heteroatoms. The molecule has 1 aliphatic rings. The van der Waals surface area contributed by atoms with Crippen molar-refractivity contribution in [1.82, 2.24) is 14.9 Å². The largest absolute Gasteiger partial charge is 0.477 e. The molecule has 0 aromatic carbocycles. The first-order valence-corrected chi connectivity index (χ1v) is 8.73. The fraction of sp³-hybridized carbons (Fsp3) is 0.562. The summed E-state index contributed by atoms with van der Waals surface area (Å²) in [4.78, 5) is 23.2. The molecule has 0 unspecified atom stereocenters. The van der Waals surface area contributed by atoms with Crippen LogP contribution in [0.3, 0.4) is 0 Å². The van der Waals surface area contributed by atoms with Gasteiger partial charge in [0.2, 0.25) is 0 Å². The summed E-state index contributed by atoms with van der Waals surface area (Å²) in [5.41, 5.74) is 0.728. The first kappa shape index (κ1) is 17.1. The summed E-state index contributed by atoms with van der Waals surface area (Å²) < 4.78 is 5.50. The van der Waals surface area contributed by atoms with Gasteiger partial charge in [0.05, 0.1) is 5.39 Å². The maximum absolute atomic E-state index is 11.4. The molecule has 2 aromatic rings. The van der Waals surface area contributed by atoms with Gasteiger partial charge in [-0.2, -0.15) is 0 Å². The van der Waals surface area contributed by atoms with Gasteiger partial charge >= 0.3 is 5.97 Å². The van der Waals surface area contributed by atoms with Crippen molar-refractivity contribution in [1.29, 1.82) is 0 Å². The van der Waals surface area contributed by atoms with E-state index in [1.807, 2.05) is 6.92 Å². The molecule has 130 valence electrons. The SMILES string of the molecule is Cc1c(C(=O)O)sc2ncnc(NCC3(N(C)C)CCOCC3)c12. The summed E-state index contributed by atoms with van der Waals surface area (Å²) in [6, 6.07) is 0. The van der Waals surface area contributed by atoms with Crippen LogP contribution in [-0.2, 0) is 4.74 Å². The molecule has 24 heavy (non-hydrogen) atoms. The Morgan fingerprint density at radius 1 is 1.42 bits per heavy atom. The van der Waals surface area contributed by atoms with Crippen LogP contribution in [0.4, 0.5) is 5.82 Å². The number of aryl methyl sites for hydroxylation is 1. The Hall–Kier alpha value is -1.77. The molecule has 0 saturated carbocycles. The number of fused-ring (bicyclic) bond motifs is 1. The summed E-state index contributed by atoms with van der Waals surface area (Å²) >= 11 is 1.19. The number of nitrogens with one attached hydrogen (secondary N) is 1. The van der Waals surface area contributed by atoms with Gasteiger partial charge < -0.3 is 20.1 Å². The van der Waals surface area contributed by atoms with E-state index >= 15 is 0 Å². The Kier molecular flexibility index (Phi) is 4.71. The lowest BCUT2D eigenvalue weighted by Gasteiger charge is -2.43. The number of hydrogen-bond donors (Lipinski definition) is 2. The number of hydrogen-bond acceptors (Lipinski definition) is 7. The molecule has 3 rings (SSSR count). The molecule has 2 N–H and O–H groups in total. The lowest BCUT2D eigenvalue weighted by Crippen LogP contribution is -2.53. The van der Waals surface area contributed by atoms with Gasteiger partial charge in [0, 0.05) is 25.3 Å². The normalized spacial score (nSPS) is 17.3. The van der Waals surface area contributed by atoms with Crippen LogP contribution in [-0.4, -0.2) is 65.3 Å². The van der Waals surface area contributed by atoms with Crippen molar-refractivity contribution in [3.8, 4) is 0 Å². The van der Waals surface area contributed by atoms with E-state index in [9.17, 15) is 9.90 Å². The molecule has 7 nitrogen and oxygen atoms in total. The zero-order valence-corrected chi connectivity index (χ0v) is 14.9. The van der Waals surface area contributed by atoms with Gasteiger partial charge in [0.1, 0.15) is 21.9 Å². The highest BCUT2D eigenvalue weighted by molar-refractivity contribution is 7.20. The quantitative estimate of drug-likeness (QED) is 0.855. The van der Waals surface area contributed by atoms with Crippen molar-refractivity contribution in [3.05, 3.63) is 16.8 Å². The Bertz CT molecular complexity index is 753. The molecule has 0 aliphatic carbocycles. The molecule has 0 bridgehead atoms. The number of carboxylic acid groups (broad SMARTS) is 1. The summed E-state index contributed by atoms with van der Waals surface area (Å²) in [7, 11) is 4.17. The second-order valence-corrected chi connectivity index (χ2v) is 7.35. The first-order chi connectivity index (χ1) is 11.4. The molecule has 1 aliphatic heterocycles. The Morgan fingerprint density at radius 2 is 2.12 bits per heavy atom. The van der Waals surface area contributed by atoms with Crippen LogP contribution in [0.2, 0.25) is 0 Å². The second kappa shape index (κ2) is 6.62. The topological polar surface area (TPSA) is 87.6 Å². The average Bonchev–Trinajstić information content (AvgIpc) is 2.91. The van der Waals surface area contributed by atoms with Crippen molar-refractivity contribution in [2.45, 2.75) is 25.3 Å². The van der Waals surface area contributed by atoms with E-state index < -0.39 is 5.97 Å². The minimum absolute atomic E-state index is 0.00901. The molecule has 0 amide bonds. The number of aromatic carboxylic acids is 1. The Labute approximate surface area is 144 Å². The monoisotopic (exact) mass is 350 g/mol. The third-order valence-electron chi connectivity index (χ3n) is 4.88. The molecule has 0 radical (unpaired) electrons. The lowest BCUT2D eigenvalue weighted by molar-refractivity contribution is -0.000653. The highest BCUT2D eigenvalue weighted by Gasteiger charge is 2.35. The van der Waals surface area contributed by atoms with Crippen molar-refractivity contribution >= 4 is 33.3 Å². The highest BCUT2D eigenvalue weighted by Crippen LogP contribution is 2.34. The van der Waals surface area contributed by atoms with E-state index in [0.29, 0.717) is 15.5 Å². The van der Waals surface area contributed by atoms with Crippen LogP contribution in [0.1, 0.15) is 28.1 Å². The number of anilines is 1. The molecule has 1 fully saturated rings. The highest BCUT2D eigenvalue weighted by atomic mass is 32.1. The number of likely N-dealkylation sites (N-methyl/N-ethyl adjacent to an activating group) is 1. The minimum atomic E-state index is -0.921. The maximum atomic E-state index is 11.4. The van der Waals surface area contributed by atoms with Crippen LogP contribution >= 0.6 is 11.3 Å². The zero-order chi connectivity index (χ0) is 17.3. The van der Waals surface area contributed by atoms with Crippen LogP contribution in [0, 0.1) is 6.92 Å². The third kappa shape index (κ3) is 2.97. The molecular formula is C16H22N4O3S. The first-order valence-electron chi connectivity index (χ1n) is 7.91. The van der Waals surface area contributed by atoms with Gasteiger partial charge in [-0.1, -0.05) is 0 Å². The van der Waals surface area contributed by atoms with Gasteiger partial charge in [-0.25, -0.2) is 14.8 Å². The maximum Gasteiger partial charge on any atom is 0.346 e. The van der Waals surface area contributed by atoms with Crippen molar-refractivity contribution < 1.29 is 14.6 Å². The van der Waals surface area contributed by atoms with E-state index in [1.165, 1.54) is 17.7 Å². The van der Waals surface area contributed by atoms with Crippen molar-refractivity contribution in [3.63, 3.8) is 0 Å². The molecule has 3 heterocycles. The predicted octanol–water partition coefficient (Wildman–Crippen LogP) is 2.22. The van der Waals surface area contributed by atoms with E-state index in [1.54, 1.807) is 0 Å². The van der Waals surface area contributed by atoms with E-state index in [0.717, 1.165) is 43.5 Å². The molecule has 0 spiro atoms. The van der Waals surface area contributed by atoms with Gasteiger partial charge in [-0.15, -0.1) is 11.3 Å². The standard InChI is InChI=1S/C16H22N4O3S/c1-10-11-13(18-9-19-14(11)24-12(10)15(21)22)17-8-16(20(2)3)4-6-23-7-5-16/h9H,4-8H2,1-3H3,(H,21,22)(H,17,18,19). The molecule has 0 atom stereocenters. The van der Waals surface area contributed by atoms with Crippen LogP contribution in [0.25, 0.3) is 10.2 Å². The van der Waals surface area contributed by atoms with Crippen LogP contribution in [0.15, 0.2) is 6.33 Å². The summed E-state index contributed by atoms with van der Waals surface area (Å²) in [5, 5.41) is 13.6. The Morgan fingerprint density at radius 3 is 2.75 bits per heavy atom. The van der Waals surface area contributed by atoms with Gasteiger partial charge in [0.15, 0.2) is 0 Å². The van der Waals surface area contributed by atoms with Gasteiger partial charge in [-0.05, 0) is 39.4 Å². The fourth-order valence-electron chi connectivity index (χ4n) is 3.19. The number of aromatic nitrogens is 2. The number of rotatable bonds is 5. The summed E-state index contributed by atoms with van der Waals surface area (Å²) in [6.07, 6.45) is 3.38. The molecule has 1 saturated heterocycles. The Balaban J connectivity index is 1.91. The third-order valence-corrected chi connectivity index (χ3v) is 6.07. The van der Waals surface area contributed by atoms with Gasteiger partial charge in [-0.3, -0.25) is 0 Å². The smallest absolute Gasteiger partial charge is 0.346 e. The molecular weight excluding hydrogens is 328 g/mol. The summed E-state index contributed by atoms with van der Waals surface area (Å²) in [6.45, 7) is 4.04. The predicted molar refractivity (Wildman–Crippen MR) is 94.1 cm³/mol. The van der Waals surface area contributed by atoms with E-state index in [4.69, 9.17) is 4.74 Å². The number of carboxylic acids is 1. The van der Waals surface area contributed by atoms with Crippen molar-refractivity contribution in [2.75, 3.05) is 39.2 Å². The fourth-order valence-corrected chi connectivity index (χ4v) is 4.18. The van der Waals surface area contributed by atoms with Gasteiger partial charge in [0.25, 0.3) is 0 Å². The molecule has 2 aromatic heterocycles. The second-order valence-electron chi connectivity index (χ2n) is 6.35. The van der Waals surface area contributed by atoms with Crippen LogP contribution < -0.4 is 5.32 Å². The zero-order valence-electron chi connectivity index (χ0n) is 14.1. The number of thiophene rings is 1. The number of carbonyl (C=O) groups is 1.